The number of amides is 1. The second-order valence-electron chi connectivity index (χ2n) is 5.54. The first-order valence-corrected chi connectivity index (χ1v) is 7.10. The van der Waals surface area contributed by atoms with Crippen LogP contribution in [0.3, 0.4) is 0 Å². The van der Waals surface area contributed by atoms with E-state index in [2.05, 4.69) is 48.9 Å². The molecule has 0 aliphatic carbocycles. The lowest BCUT2D eigenvalue weighted by atomic mass is 9.85. The molecule has 0 aromatic rings. The molecular formula is C13H26BrNO. The Morgan fingerprint density at radius 3 is 1.75 bits per heavy atom. The van der Waals surface area contributed by atoms with Crippen molar-refractivity contribution in [2.45, 2.75) is 46.4 Å². The summed E-state index contributed by atoms with van der Waals surface area (Å²) in [5, 5.41) is 3.04. The Labute approximate surface area is 109 Å². The number of rotatable bonds is 6. The first-order chi connectivity index (χ1) is 7.27. The van der Waals surface area contributed by atoms with Crippen LogP contribution in [-0.4, -0.2) is 17.3 Å². The van der Waals surface area contributed by atoms with Crippen LogP contribution in [0.5, 0.6) is 0 Å². The van der Waals surface area contributed by atoms with Gasteiger partial charge < -0.3 is 5.32 Å². The highest BCUT2D eigenvalue weighted by molar-refractivity contribution is 9.10. The average molecular weight is 292 g/mol. The number of carbonyl (C=O) groups excluding carboxylic acids is 1. The minimum Gasteiger partial charge on any atom is -0.355 e. The van der Waals surface area contributed by atoms with Crippen molar-refractivity contribution in [1.82, 2.24) is 5.32 Å². The van der Waals surface area contributed by atoms with Gasteiger partial charge in [-0.2, -0.15) is 0 Å². The summed E-state index contributed by atoms with van der Waals surface area (Å²) in [6.07, 6.45) is 0. The van der Waals surface area contributed by atoms with E-state index in [0.29, 0.717) is 23.7 Å². The van der Waals surface area contributed by atoms with E-state index < -0.39 is 0 Å². The van der Waals surface area contributed by atoms with Crippen molar-refractivity contribution in [3.05, 3.63) is 0 Å². The predicted molar refractivity (Wildman–Crippen MR) is 73.7 cm³/mol. The molecule has 2 nitrogen and oxygen atoms in total. The van der Waals surface area contributed by atoms with Crippen LogP contribution in [0, 0.1) is 23.7 Å². The highest BCUT2D eigenvalue weighted by Gasteiger charge is 2.22. The van der Waals surface area contributed by atoms with Crippen molar-refractivity contribution in [2.24, 2.45) is 23.7 Å². The lowest BCUT2D eigenvalue weighted by Gasteiger charge is -2.26. The second-order valence-corrected chi connectivity index (χ2v) is 6.53. The molecule has 96 valence electrons. The Hall–Kier alpha value is -0.0500. The molecule has 1 unspecified atom stereocenters. The molecular weight excluding hydrogens is 266 g/mol. The molecule has 1 amide bonds. The van der Waals surface area contributed by atoms with E-state index in [4.69, 9.17) is 0 Å². The monoisotopic (exact) mass is 291 g/mol. The van der Waals surface area contributed by atoms with Gasteiger partial charge in [-0.05, 0) is 23.7 Å². The van der Waals surface area contributed by atoms with Gasteiger partial charge in [0.25, 0.3) is 0 Å². The van der Waals surface area contributed by atoms with Gasteiger partial charge in [0, 0.05) is 6.54 Å². The highest BCUT2D eigenvalue weighted by Crippen LogP contribution is 2.20. The molecule has 0 saturated heterocycles. The van der Waals surface area contributed by atoms with Crippen molar-refractivity contribution < 1.29 is 4.79 Å². The van der Waals surface area contributed by atoms with Crippen molar-refractivity contribution in [3.8, 4) is 0 Å². The van der Waals surface area contributed by atoms with E-state index in [1.807, 2.05) is 13.8 Å². The smallest absolute Gasteiger partial charge is 0.234 e. The largest absolute Gasteiger partial charge is 0.355 e. The predicted octanol–water partition coefficient (Wildman–Crippen LogP) is 3.45. The van der Waals surface area contributed by atoms with Crippen LogP contribution in [0.15, 0.2) is 0 Å². The van der Waals surface area contributed by atoms with Crippen LogP contribution in [0.2, 0.25) is 0 Å². The van der Waals surface area contributed by atoms with Gasteiger partial charge in [-0.3, -0.25) is 4.79 Å². The van der Waals surface area contributed by atoms with Gasteiger partial charge in [-0.1, -0.05) is 57.5 Å². The molecule has 0 radical (unpaired) electrons. The number of alkyl halides is 1. The maximum Gasteiger partial charge on any atom is 0.234 e. The fourth-order valence-corrected chi connectivity index (χ4v) is 2.02. The zero-order valence-electron chi connectivity index (χ0n) is 11.4. The molecule has 0 bridgehead atoms. The van der Waals surface area contributed by atoms with Crippen LogP contribution in [0.25, 0.3) is 0 Å². The normalized spacial score (nSPS) is 13.9. The summed E-state index contributed by atoms with van der Waals surface area (Å²) in [7, 11) is 0. The van der Waals surface area contributed by atoms with E-state index in [0.717, 1.165) is 6.54 Å². The standard InChI is InChI=1S/C13H26BrNO/c1-8(2)11(9(3)4)7-15-13(16)12(14)10(5)6/h8-12H,7H2,1-6H3,(H,15,16). The van der Waals surface area contributed by atoms with Gasteiger partial charge in [0.15, 0.2) is 0 Å². The molecule has 0 aromatic heterocycles. The summed E-state index contributed by atoms with van der Waals surface area (Å²) in [5.41, 5.74) is 0. The van der Waals surface area contributed by atoms with Gasteiger partial charge in [0.1, 0.15) is 0 Å². The third kappa shape index (κ3) is 5.33. The van der Waals surface area contributed by atoms with E-state index in [1.165, 1.54) is 0 Å². The molecule has 3 heteroatoms. The van der Waals surface area contributed by atoms with Gasteiger partial charge in [0.2, 0.25) is 5.91 Å². The average Bonchev–Trinajstić information content (AvgIpc) is 2.15. The quantitative estimate of drug-likeness (QED) is 0.746. The topological polar surface area (TPSA) is 29.1 Å². The number of hydrogen-bond acceptors (Lipinski definition) is 1. The van der Waals surface area contributed by atoms with Crippen LogP contribution in [0.4, 0.5) is 0 Å². The number of nitrogens with one attached hydrogen (secondary N) is 1. The van der Waals surface area contributed by atoms with Crippen LogP contribution in [0.1, 0.15) is 41.5 Å². The Morgan fingerprint density at radius 1 is 1.00 bits per heavy atom. The molecule has 0 fully saturated rings. The Bertz CT molecular complexity index is 206. The maximum atomic E-state index is 11.8. The number of hydrogen-bond donors (Lipinski definition) is 1. The van der Waals surface area contributed by atoms with E-state index in [-0.39, 0.29) is 10.7 Å². The molecule has 0 saturated carbocycles. The Kier molecular flexibility index (Phi) is 7.29. The number of halogens is 1. The minimum absolute atomic E-state index is 0.0764. The third-order valence-electron chi connectivity index (χ3n) is 3.06. The van der Waals surface area contributed by atoms with Gasteiger partial charge in [-0.25, -0.2) is 0 Å². The van der Waals surface area contributed by atoms with E-state index >= 15 is 0 Å². The summed E-state index contributed by atoms with van der Waals surface area (Å²) >= 11 is 3.42. The van der Waals surface area contributed by atoms with Crippen molar-refractivity contribution in [1.29, 1.82) is 0 Å². The van der Waals surface area contributed by atoms with Gasteiger partial charge >= 0.3 is 0 Å². The van der Waals surface area contributed by atoms with Crippen molar-refractivity contribution in [2.75, 3.05) is 6.54 Å². The van der Waals surface area contributed by atoms with Gasteiger partial charge in [0.05, 0.1) is 4.83 Å². The van der Waals surface area contributed by atoms with Crippen LogP contribution < -0.4 is 5.32 Å². The summed E-state index contributed by atoms with van der Waals surface area (Å²) in [5.74, 6) is 2.20. The molecule has 0 aromatic carbocycles. The van der Waals surface area contributed by atoms with Gasteiger partial charge in [-0.15, -0.1) is 0 Å². The number of carbonyl (C=O) groups is 1. The maximum absolute atomic E-state index is 11.8. The van der Waals surface area contributed by atoms with E-state index in [1.54, 1.807) is 0 Å². The lowest BCUT2D eigenvalue weighted by Crippen LogP contribution is -2.39. The molecule has 16 heavy (non-hydrogen) atoms. The zero-order chi connectivity index (χ0) is 12.9. The Balaban J connectivity index is 4.16. The summed E-state index contributed by atoms with van der Waals surface area (Å²) in [6, 6.07) is 0. The molecule has 0 rings (SSSR count). The van der Waals surface area contributed by atoms with Crippen LogP contribution in [-0.2, 0) is 4.79 Å². The van der Waals surface area contributed by atoms with Crippen LogP contribution >= 0.6 is 15.9 Å². The third-order valence-corrected chi connectivity index (χ3v) is 4.53. The molecule has 1 N–H and O–H groups in total. The molecule has 1 atom stereocenters. The summed E-state index contributed by atoms with van der Waals surface area (Å²) in [6.45, 7) is 13.7. The second kappa shape index (κ2) is 7.31. The summed E-state index contributed by atoms with van der Waals surface area (Å²) < 4.78 is 0. The zero-order valence-corrected chi connectivity index (χ0v) is 13.0. The lowest BCUT2D eigenvalue weighted by molar-refractivity contribution is -0.121. The highest BCUT2D eigenvalue weighted by atomic mass is 79.9. The Morgan fingerprint density at radius 2 is 1.44 bits per heavy atom. The first kappa shape index (κ1) is 16.0. The molecule has 0 aliphatic heterocycles. The fourth-order valence-electron chi connectivity index (χ4n) is 1.86. The molecule has 0 heterocycles. The minimum atomic E-state index is -0.0764. The molecule has 0 spiro atoms. The fraction of sp³-hybridized carbons (Fsp3) is 0.923. The first-order valence-electron chi connectivity index (χ1n) is 6.19. The summed E-state index contributed by atoms with van der Waals surface area (Å²) in [4.78, 5) is 11.7. The van der Waals surface area contributed by atoms with E-state index in [9.17, 15) is 4.79 Å². The van der Waals surface area contributed by atoms with Crippen molar-refractivity contribution in [3.63, 3.8) is 0 Å². The van der Waals surface area contributed by atoms with Crippen molar-refractivity contribution >= 4 is 21.8 Å². The SMILES string of the molecule is CC(C)C(Br)C(=O)NCC(C(C)C)C(C)C. The molecule has 0 aliphatic rings.